The molecule has 0 radical (unpaired) electrons. The molecule has 1 unspecified atom stereocenters. The van der Waals surface area contributed by atoms with Gasteiger partial charge in [0.05, 0.1) is 15.7 Å². The van der Waals surface area contributed by atoms with Crippen LogP contribution in [0, 0.1) is 0 Å². The van der Waals surface area contributed by atoms with Gasteiger partial charge in [-0.05, 0) is 11.6 Å². The number of imidazole rings is 1. The first kappa shape index (κ1) is 19.7. The summed E-state index contributed by atoms with van der Waals surface area (Å²) in [5.41, 5.74) is 0.451. The van der Waals surface area contributed by atoms with Crippen molar-refractivity contribution in [3.63, 3.8) is 0 Å². The molecule has 0 aliphatic rings. The molecule has 0 fully saturated rings. The molecule has 138 valence electrons. The largest absolute Gasteiger partial charge is 0.433 e. The Morgan fingerprint density at radius 3 is 2.65 bits per heavy atom. The molecule has 0 saturated carbocycles. The minimum Gasteiger partial charge on any atom is -0.412 e. The third kappa shape index (κ3) is 3.65. The molecule has 1 atom stereocenters. The fourth-order valence-corrected chi connectivity index (χ4v) is 3.20. The van der Waals surface area contributed by atoms with Crippen LogP contribution in [0.4, 0.5) is 13.2 Å². The fraction of sp³-hybridized carbons (Fsp3) is 0.188. The van der Waals surface area contributed by atoms with Gasteiger partial charge < -0.3 is 5.48 Å². The van der Waals surface area contributed by atoms with Crippen molar-refractivity contribution < 1.29 is 22.9 Å². The smallest absolute Gasteiger partial charge is 0.412 e. The lowest BCUT2D eigenvalue weighted by Crippen LogP contribution is -2.08. The Morgan fingerprint density at radius 1 is 1.31 bits per heavy atom. The minimum atomic E-state index is -4.55. The highest BCUT2D eigenvalue weighted by Crippen LogP contribution is 2.29. The van der Waals surface area contributed by atoms with E-state index >= 15 is 0 Å². The minimum absolute atomic E-state index is 0. The van der Waals surface area contributed by atoms with Crippen molar-refractivity contribution in [1.82, 2.24) is 19.4 Å². The lowest BCUT2D eigenvalue weighted by Gasteiger charge is -2.06. The lowest BCUT2D eigenvalue weighted by molar-refractivity contribution is -0.141. The molecule has 10 heteroatoms. The van der Waals surface area contributed by atoms with Gasteiger partial charge in [-0.25, -0.2) is 9.97 Å². The van der Waals surface area contributed by atoms with Crippen LogP contribution in [0.3, 0.4) is 0 Å². The maximum atomic E-state index is 12.8. The zero-order valence-electron chi connectivity index (χ0n) is 13.6. The van der Waals surface area contributed by atoms with E-state index in [-0.39, 0.29) is 11.1 Å². The van der Waals surface area contributed by atoms with E-state index in [1.165, 1.54) is 10.6 Å². The van der Waals surface area contributed by atoms with Gasteiger partial charge in [-0.1, -0.05) is 19.6 Å². The van der Waals surface area contributed by atoms with Gasteiger partial charge in [0.25, 0.3) is 0 Å². The van der Waals surface area contributed by atoms with Gasteiger partial charge in [-0.2, -0.15) is 13.2 Å². The normalized spacial score (nSPS) is 12.6. The molecule has 2 N–H and O–H groups in total. The van der Waals surface area contributed by atoms with E-state index in [1.807, 2.05) is 0 Å². The van der Waals surface area contributed by atoms with E-state index in [1.54, 1.807) is 25.3 Å². The van der Waals surface area contributed by atoms with Crippen LogP contribution >= 0.6 is 0 Å². The lowest BCUT2D eigenvalue weighted by atomic mass is 10.2. The highest BCUT2D eigenvalue weighted by molar-refractivity contribution is 7.85. The van der Waals surface area contributed by atoms with Crippen molar-refractivity contribution >= 4 is 22.5 Å². The molecule has 0 aromatic carbocycles. The number of hydrogen-bond donors (Lipinski definition) is 0. The number of alkyl halides is 3. The predicted octanol–water partition coefficient (Wildman–Crippen LogP) is 2.76. The van der Waals surface area contributed by atoms with E-state index < -0.39 is 22.7 Å². The molecule has 3 heterocycles. The fourth-order valence-electron chi connectivity index (χ4n) is 2.25. The molecule has 0 aliphatic carbocycles. The summed E-state index contributed by atoms with van der Waals surface area (Å²) < 4.78 is 52.0. The Bertz CT molecular complexity index is 985. The van der Waals surface area contributed by atoms with E-state index in [9.17, 15) is 17.4 Å². The first-order valence-corrected chi connectivity index (χ1v) is 8.58. The molecule has 0 aliphatic heterocycles. The highest BCUT2D eigenvalue weighted by atomic mass is 32.2. The van der Waals surface area contributed by atoms with E-state index in [4.69, 9.17) is 0 Å². The second-order valence-electron chi connectivity index (χ2n) is 5.12. The summed E-state index contributed by atoms with van der Waals surface area (Å²) in [5, 5.41) is 0. The summed E-state index contributed by atoms with van der Waals surface area (Å²) in [6, 6.07) is 2.55. The molecular formula is C16H15F3N4O2S. The molecule has 0 spiro atoms. The van der Waals surface area contributed by atoms with Crippen molar-refractivity contribution in [2.75, 3.05) is 5.75 Å². The van der Waals surface area contributed by atoms with Crippen LogP contribution in [-0.4, -0.2) is 34.8 Å². The molecule has 3 rings (SSSR count). The van der Waals surface area contributed by atoms with Gasteiger partial charge >= 0.3 is 6.18 Å². The molecule has 3 aromatic heterocycles. The number of rotatable bonds is 4. The van der Waals surface area contributed by atoms with E-state index in [0.717, 1.165) is 12.4 Å². The maximum absolute atomic E-state index is 12.8. The molecule has 6 nitrogen and oxygen atoms in total. The number of pyridine rings is 1. The average molecular weight is 384 g/mol. The van der Waals surface area contributed by atoms with Crippen molar-refractivity contribution in [3.05, 3.63) is 48.7 Å². The van der Waals surface area contributed by atoms with E-state index in [0.29, 0.717) is 27.6 Å². The Labute approximate surface area is 149 Å². The zero-order chi connectivity index (χ0) is 18.2. The number of fused-ring (bicyclic) bond motifs is 1. The topological polar surface area (TPSA) is 91.7 Å². The molecule has 3 aromatic rings. The van der Waals surface area contributed by atoms with Crippen LogP contribution < -0.4 is 0 Å². The Hall–Kier alpha value is -2.59. The van der Waals surface area contributed by atoms with Crippen molar-refractivity contribution in [2.45, 2.75) is 18.0 Å². The van der Waals surface area contributed by atoms with Gasteiger partial charge in [0.15, 0.2) is 0 Å². The summed E-state index contributed by atoms with van der Waals surface area (Å²) >= 11 is 0. The molecule has 0 saturated heterocycles. The first-order chi connectivity index (χ1) is 11.8. The van der Waals surface area contributed by atoms with Gasteiger partial charge in [0.1, 0.15) is 29.1 Å². The van der Waals surface area contributed by atoms with Crippen molar-refractivity contribution in [1.29, 1.82) is 0 Å². The second kappa shape index (κ2) is 7.34. The molecule has 0 amide bonds. The summed E-state index contributed by atoms with van der Waals surface area (Å²) in [4.78, 5) is 12.3. The number of hydrogen-bond acceptors (Lipinski definition) is 4. The van der Waals surface area contributed by atoms with Crippen molar-refractivity contribution in [2.24, 2.45) is 0 Å². The van der Waals surface area contributed by atoms with Crippen LogP contribution in [0.5, 0.6) is 0 Å². The summed E-state index contributed by atoms with van der Waals surface area (Å²) in [6.45, 7) is 5.42. The molecule has 0 bridgehead atoms. The van der Waals surface area contributed by atoms with Crippen LogP contribution in [0.2, 0.25) is 0 Å². The Balaban J connectivity index is 0.00000243. The predicted molar refractivity (Wildman–Crippen MR) is 91.9 cm³/mol. The van der Waals surface area contributed by atoms with Crippen molar-refractivity contribution in [3.8, 4) is 11.4 Å². The molecule has 26 heavy (non-hydrogen) atoms. The van der Waals surface area contributed by atoms with Gasteiger partial charge in [0.2, 0.25) is 0 Å². The Morgan fingerprint density at radius 2 is 2.04 bits per heavy atom. The second-order valence-corrected chi connectivity index (χ2v) is 6.83. The average Bonchev–Trinajstić information content (AvgIpc) is 3.02. The van der Waals surface area contributed by atoms with Gasteiger partial charge in [-0.15, -0.1) is 0 Å². The van der Waals surface area contributed by atoms with Gasteiger partial charge in [0, 0.05) is 24.2 Å². The number of nitrogens with zero attached hydrogens (tertiary/aromatic N) is 4. The standard InChI is InChI=1S/C16H13F3N4OS.H2O/c1-3-10-5-12(25(24)4-2)15(20-7-10)11-8-23-9-21-13(16(17,18)19)6-14(23)22-11;/h3,5-9H,1,4H2,2H3;1H2. The van der Waals surface area contributed by atoms with Crippen LogP contribution in [0.1, 0.15) is 18.2 Å². The quantitative estimate of drug-likeness (QED) is 0.691. The SMILES string of the molecule is C=Cc1cnc(-c2cn3cnc(C(F)(F)F)cc3n2)c(S(=O)CC)c1.O. The monoisotopic (exact) mass is 384 g/mol. The number of aromatic nitrogens is 4. The van der Waals surface area contributed by atoms with Gasteiger partial charge in [-0.3, -0.25) is 13.6 Å². The maximum Gasteiger partial charge on any atom is 0.433 e. The summed E-state index contributed by atoms with van der Waals surface area (Å²) in [5.74, 6) is 0.377. The highest BCUT2D eigenvalue weighted by Gasteiger charge is 2.33. The summed E-state index contributed by atoms with van der Waals surface area (Å²) in [7, 11) is -1.31. The number of halogens is 3. The first-order valence-electron chi connectivity index (χ1n) is 7.26. The summed E-state index contributed by atoms with van der Waals surface area (Å²) in [6.07, 6.45) is 1.13. The zero-order valence-corrected chi connectivity index (χ0v) is 14.4. The van der Waals surface area contributed by atoms with Crippen LogP contribution in [0.15, 0.2) is 42.3 Å². The molecular weight excluding hydrogens is 369 g/mol. The van der Waals surface area contributed by atoms with E-state index in [2.05, 4.69) is 21.5 Å². The Kier molecular flexibility index (Phi) is 5.57. The van der Waals surface area contributed by atoms with Crippen LogP contribution in [0.25, 0.3) is 23.1 Å². The third-order valence-corrected chi connectivity index (χ3v) is 4.82. The van der Waals surface area contributed by atoms with Crippen LogP contribution in [-0.2, 0) is 17.0 Å². The third-order valence-electron chi connectivity index (χ3n) is 3.50.